The summed E-state index contributed by atoms with van der Waals surface area (Å²) in [5, 5.41) is 32.9. The van der Waals surface area contributed by atoms with Crippen molar-refractivity contribution in [2.24, 2.45) is 28.6 Å². The van der Waals surface area contributed by atoms with Crippen molar-refractivity contribution >= 4 is 17.3 Å². The molecule has 1 aliphatic heterocycles. The molecule has 0 aromatic carbocycles. The monoisotopic (exact) mass is 520 g/mol. The SMILES string of the molecule is CO[C@H]1[C@H](O)[C@@H](O[C@H]2CC[C@@]3(C)C(=CC[C@@H]4[C@@H]3C(=O)C[C@]3(C)[C@@H](C(C)=O)CC(=O)[C@]43O)C2)O[C@@H](C)[C@@H]1O. The van der Waals surface area contributed by atoms with Crippen molar-refractivity contribution in [3.05, 3.63) is 11.6 Å². The minimum absolute atomic E-state index is 0.0126. The van der Waals surface area contributed by atoms with Gasteiger partial charge in [-0.05, 0) is 44.9 Å². The van der Waals surface area contributed by atoms with Crippen molar-refractivity contribution in [3.63, 3.8) is 0 Å². The third-order valence-corrected chi connectivity index (χ3v) is 10.6. The van der Waals surface area contributed by atoms with Gasteiger partial charge in [0.1, 0.15) is 35.5 Å². The fourth-order valence-corrected chi connectivity index (χ4v) is 8.51. The molecule has 0 aromatic heterocycles. The summed E-state index contributed by atoms with van der Waals surface area (Å²) in [7, 11) is 1.43. The molecule has 0 radical (unpaired) electrons. The molecule has 12 atom stereocenters. The molecule has 0 bridgehead atoms. The highest BCUT2D eigenvalue weighted by molar-refractivity contribution is 6.01. The van der Waals surface area contributed by atoms with E-state index in [0.717, 1.165) is 5.57 Å². The van der Waals surface area contributed by atoms with Gasteiger partial charge >= 0.3 is 0 Å². The molecule has 9 heteroatoms. The van der Waals surface area contributed by atoms with Gasteiger partial charge in [0.2, 0.25) is 0 Å². The molecular formula is C28H40O9. The average Bonchev–Trinajstić information content (AvgIpc) is 3.04. The maximum atomic E-state index is 13.7. The van der Waals surface area contributed by atoms with E-state index in [1.165, 1.54) is 14.0 Å². The Labute approximate surface area is 217 Å². The normalized spacial score (nSPS) is 51.7. The van der Waals surface area contributed by atoms with Crippen molar-refractivity contribution in [2.75, 3.05) is 7.11 Å². The Morgan fingerprint density at radius 1 is 1.16 bits per heavy atom. The summed E-state index contributed by atoms with van der Waals surface area (Å²) in [6, 6.07) is 0. The number of aliphatic hydroxyl groups is 3. The minimum atomic E-state index is -1.70. The highest BCUT2D eigenvalue weighted by Gasteiger charge is 2.73. The lowest BCUT2D eigenvalue weighted by molar-refractivity contribution is -0.309. The standard InChI is InChI=1S/C28H40O9/c1-13(29)18-11-20(31)28(34)17-7-6-15-10-16(37-25-23(33)24(35-5)22(32)14(2)36-25)8-9-26(15,3)21(17)19(30)12-27(18,28)4/h6,14,16-18,21-25,32-34H,7-12H2,1-5H3/t14-,16-,17+,18+,21+,22-,23-,24+,25+,26-,27+,28+/m0/s1. The van der Waals surface area contributed by atoms with Crippen molar-refractivity contribution in [3.8, 4) is 0 Å². The average molecular weight is 521 g/mol. The van der Waals surface area contributed by atoms with Crippen LogP contribution in [-0.2, 0) is 28.6 Å². The van der Waals surface area contributed by atoms with E-state index in [1.807, 2.05) is 13.0 Å². The van der Waals surface area contributed by atoms with Crippen LogP contribution in [0.3, 0.4) is 0 Å². The van der Waals surface area contributed by atoms with E-state index in [0.29, 0.717) is 25.7 Å². The van der Waals surface area contributed by atoms with Crippen LogP contribution in [0.2, 0.25) is 0 Å². The van der Waals surface area contributed by atoms with Crippen LogP contribution >= 0.6 is 0 Å². The lowest BCUT2D eigenvalue weighted by Crippen LogP contribution is -2.66. The summed E-state index contributed by atoms with van der Waals surface area (Å²) in [4.78, 5) is 39.4. The molecule has 0 aromatic rings. The molecule has 5 aliphatic rings. The molecule has 0 amide bonds. The van der Waals surface area contributed by atoms with Crippen LogP contribution < -0.4 is 0 Å². The van der Waals surface area contributed by atoms with Crippen LogP contribution in [0.15, 0.2) is 11.6 Å². The molecule has 37 heavy (non-hydrogen) atoms. The third kappa shape index (κ3) is 3.68. The number of hydrogen-bond donors (Lipinski definition) is 3. The predicted molar refractivity (Wildman–Crippen MR) is 130 cm³/mol. The summed E-state index contributed by atoms with van der Waals surface area (Å²) >= 11 is 0. The number of allylic oxidation sites excluding steroid dienone is 1. The van der Waals surface area contributed by atoms with Gasteiger partial charge in [-0.15, -0.1) is 0 Å². The Kier molecular flexibility index (Phi) is 6.61. The maximum Gasteiger partial charge on any atom is 0.186 e. The Bertz CT molecular complexity index is 1020. The fraction of sp³-hybridized carbons (Fsp3) is 0.821. The van der Waals surface area contributed by atoms with Crippen molar-refractivity contribution in [1.82, 2.24) is 0 Å². The summed E-state index contributed by atoms with van der Waals surface area (Å²) in [5.41, 5.74) is -2.26. The number of rotatable bonds is 4. The molecule has 1 saturated heterocycles. The molecule has 9 nitrogen and oxygen atoms in total. The van der Waals surface area contributed by atoms with Gasteiger partial charge in [-0.3, -0.25) is 14.4 Å². The number of methoxy groups -OCH3 is 1. The van der Waals surface area contributed by atoms with Gasteiger partial charge < -0.3 is 29.5 Å². The first-order chi connectivity index (χ1) is 17.3. The number of hydrogen-bond acceptors (Lipinski definition) is 9. The van der Waals surface area contributed by atoms with Crippen LogP contribution in [0.1, 0.15) is 66.2 Å². The van der Waals surface area contributed by atoms with Crippen LogP contribution in [0, 0.1) is 28.6 Å². The van der Waals surface area contributed by atoms with Crippen LogP contribution in [-0.4, -0.2) is 82.2 Å². The second kappa shape index (κ2) is 9.03. The Morgan fingerprint density at radius 2 is 1.86 bits per heavy atom. The van der Waals surface area contributed by atoms with E-state index in [9.17, 15) is 29.7 Å². The second-order valence-corrected chi connectivity index (χ2v) is 12.5. The third-order valence-electron chi connectivity index (χ3n) is 10.6. The Morgan fingerprint density at radius 3 is 2.51 bits per heavy atom. The first-order valence-electron chi connectivity index (χ1n) is 13.5. The maximum absolute atomic E-state index is 13.7. The number of Topliss-reactive ketones (excluding diaryl/α,β-unsaturated/α-hetero) is 3. The first kappa shape index (κ1) is 27.1. The smallest absolute Gasteiger partial charge is 0.186 e. The number of fused-ring (bicyclic) bond motifs is 5. The van der Waals surface area contributed by atoms with Gasteiger partial charge in [-0.2, -0.15) is 0 Å². The van der Waals surface area contributed by atoms with E-state index in [2.05, 4.69) is 0 Å². The van der Waals surface area contributed by atoms with E-state index >= 15 is 0 Å². The second-order valence-electron chi connectivity index (χ2n) is 12.5. The van der Waals surface area contributed by atoms with E-state index in [4.69, 9.17) is 14.2 Å². The van der Waals surface area contributed by atoms with Crippen LogP contribution in [0.5, 0.6) is 0 Å². The number of ether oxygens (including phenoxy) is 3. The molecule has 3 saturated carbocycles. The number of ketones is 3. The van der Waals surface area contributed by atoms with Crippen molar-refractivity contribution < 1.29 is 43.9 Å². The fourth-order valence-electron chi connectivity index (χ4n) is 8.51. The molecule has 206 valence electrons. The van der Waals surface area contributed by atoms with Crippen LogP contribution in [0.25, 0.3) is 0 Å². The van der Waals surface area contributed by atoms with Gasteiger partial charge in [0.25, 0.3) is 0 Å². The number of aliphatic hydroxyl groups excluding tert-OH is 2. The quantitative estimate of drug-likeness (QED) is 0.471. The highest BCUT2D eigenvalue weighted by Crippen LogP contribution is 2.66. The van der Waals surface area contributed by atoms with Crippen molar-refractivity contribution in [1.29, 1.82) is 0 Å². The topological polar surface area (TPSA) is 140 Å². The molecule has 5 rings (SSSR count). The first-order valence-corrected chi connectivity index (χ1v) is 13.5. The van der Waals surface area contributed by atoms with Gasteiger partial charge in [-0.25, -0.2) is 0 Å². The lowest BCUT2D eigenvalue weighted by atomic mass is 9.45. The molecule has 4 fully saturated rings. The molecule has 0 unspecified atom stereocenters. The Hall–Kier alpha value is -1.49. The molecule has 4 aliphatic carbocycles. The molecule has 1 heterocycles. The molecular weight excluding hydrogens is 480 g/mol. The molecule has 0 spiro atoms. The van der Waals surface area contributed by atoms with Gasteiger partial charge in [0.05, 0.1) is 12.2 Å². The van der Waals surface area contributed by atoms with Crippen LogP contribution in [0.4, 0.5) is 0 Å². The zero-order chi connectivity index (χ0) is 27.1. The summed E-state index contributed by atoms with van der Waals surface area (Å²) in [5.74, 6) is -2.17. The van der Waals surface area contributed by atoms with E-state index in [-0.39, 0.29) is 36.3 Å². The summed E-state index contributed by atoms with van der Waals surface area (Å²) in [6.07, 6.45) is -0.545. The van der Waals surface area contributed by atoms with Gasteiger partial charge in [-0.1, -0.05) is 25.5 Å². The summed E-state index contributed by atoms with van der Waals surface area (Å²) in [6.45, 7) is 6.93. The zero-order valence-electron chi connectivity index (χ0n) is 22.3. The number of carbonyl (C=O) groups excluding carboxylic acids is 3. The minimum Gasteiger partial charge on any atom is -0.388 e. The number of carbonyl (C=O) groups is 3. The van der Waals surface area contributed by atoms with Crippen molar-refractivity contribution in [2.45, 2.75) is 109 Å². The van der Waals surface area contributed by atoms with E-state index in [1.54, 1.807) is 13.8 Å². The molecule has 3 N–H and O–H groups in total. The van der Waals surface area contributed by atoms with Gasteiger partial charge in [0, 0.05) is 43.1 Å². The largest absolute Gasteiger partial charge is 0.388 e. The Balaban J connectivity index is 1.39. The predicted octanol–water partition coefficient (Wildman–Crippen LogP) is 1.49. The zero-order valence-corrected chi connectivity index (χ0v) is 22.3. The van der Waals surface area contributed by atoms with E-state index < -0.39 is 64.9 Å². The van der Waals surface area contributed by atoms with Gasteiger partial charge in [0.15, 0.2) is 12.1 Å². The lowest BCUT2D eigenvalue weighted by Gasteiger charge is -2.59. The highest BCUT2D eigenvalue weighted by atomic mass is 16.7. The summed E-state index contributed by atoms with van der Waals surface area (Å²) < 4.78 is 17.2.